The van der Waals surface area contributed by atoms with Crippen molar-refractivity contribution < 1.29 is 14.9 Å². The van der Waals surface area contributed by atoms with Crippen LogP contribution in [0.25, 0.3) is 0 Å². The molecule has 0 aliphatic heterocycles. The minimum absolute atomic E-state index is 0.0631. The van der Waals surface area contributed by atoms with Crippen molar-refractivity contribution in [2.24, 2.45) is 0 Å². The third-order valence-corrected chi connectivity index (χ3v) is 1.65. The van der Waals surface area contributed by atoms with Crippen molar-refractivity contribution in [1.82, 2.24) is 4.58 Å². The Bertz CT molecular complexity index is 362. The molecular weight excluding hydrogens is 212 g/mol. The van der Waals surface area contributed by atoms with Crippen molar-refractivity contribution in [3.8, 4) is 0 Å². The number of halogens is 1. The van der Waals surface area contributed by atoms with Gasteiger partial charge >= 0.3 is 0 Å². The van der Waals surface area contributed by atoms with Gasteiger partial charge in [0.2, 0.25) is 0 Å². The quantitative estimate of drug-likeness (QED) is 0.352. The summed E-state index contributed by atoms with van der Waals surface area (Å²) >= 11 is 4.97. The molecule has 0 saturated heterocycles. The van der Waals surface area contributed by atoms with Crippen molar-refractivity contribution in [2.45, 2.75) is 0 Å². The van der Waals surface area contributed by atoms with E-state index in [1.165, 1.54) is 12.1 Å². The number of rotatable bonds is 2. The van der Waals surface area contributed by atoms with Crippen LogP contribution in [0.2, 0.25) is 0 Å². The van der Waals surface area contributed by atoms with Gasteiger partial charge in [0, 0.05) is 29.5 Å². The second-order valence-corrected chi connectivity index (χ2v) is 2.69. The highest BCUT2D eigenvalue weighted by Gasteiger charge is 2.13. The van der Waals surface area contributed by atoms with Gasteiger partial charge in [0.05, 0.1) is 4.92 Å². The molecule has 0 aliphatic carbocycles. The van der Waals surface area contributed by atoms with Crippen molar-refractivity contribution in [3.05, 3.63) is 39.9 Å². The van der Waals surface area contributed by atoms with Crippen LogP contribution in [-0.4, -0.2) is 20.6 Å². The van der Waals surface area contributed by atoms with Crippen LogP contribution < -0.4 is 0 Å². The third-order valence-electron chi connectivity index (χ3n) is 1.49. The van der Waals surface area contributed by atoms with Gasteiger partial charge in [0.25, 0.3) is 11.6 Å². The third kappa shape index (κ3) is 2.18. The Kier molecular flexibility index (Phi) is 3.00. The van der Waals surface area contributed by atoms with E-state index < -0.39 is 10.8 Å². The molecular formula is C7H5ClN2O4. The molecule has 7 heteroatoms. The number of non-ortho nitro benzene ring substituents is 1. The van der Waals surface area contributed by atoms with Crippen LogP contribution in [0.1, 0.15) is 10.4 Å². The van der Waals surface area contributed by atoms with Gasteiger partial charge in [-0.25, -0.2) is 0 Å². The first-order valence-corrected chi connectivity index (χ1v) is 3.79. The van der Waals surface area contributed by atoms with Crippen LogP contribution >= 0.6 is 11.8 Å². The molecule has 14 heavy (non-hydrogen) atoms. The van der Waals surface area contributed by atoms with Crippen LogP contribution in [-0.2, 0) is 0 Å². The molecule has 1 rings (SSSR count). The fraction of sp³-hybridized carbons (Fsp3) is 0. The molecule has 0 radical (unpaired) electrons. The molecule has 0 unspecified atom stereocenters. The predicted molar refractivity (Wildman–Crippen MR) is 46.9 cm³/mol. The largest absolute Gasteiger partial charge is 0.292 e. The van der Waals surface area contributed by atoms with Gasteiger partial charge < -0.3 is 0 Å². The summed E-state index contributed by atoms with van der Waals surface area (Å²) in [4.78, 5) is 20.7. The smallest absolute Gasteiger partial charge is 0.270 e. The molecule has 0 fully saturated rings. The predicted octanol–water partition coefficient (Wildman–Crippen LogP) is 1.58. The number of carbonyl (C=O) groups excluding carboxylic acids is 1. The molecule has 1 aromatic carbocycles. The summed E-state index contributed by atoms with van der Waals surface area (Å²) in [5.74, 6) is -0.846. The van der Waals surface area contributed by atoms with E-state index in [2.05, 4.69) is 0 Å². The van der Waals surface area contributed by atoms with Gasteiger partial charge in [-0.15, -0.1) is 4.58 Å². The Morgan fingerprint density at radius 3 is 2.29 bits per heavy atom. The van der Waals surface area contributed by atoms with Gasteiger partial charge in [-0.3, -0.25) is 20.1 Å². The summed E-state index contributed by atoms with van der Waals surface area (Å²) in [6, 6.07) is 4.69. The molecule has 0 saturated carbocycles. The zero-order valence-electron chi connectivity index (χ0n) is 6.75. The molecule has 1 amide bonds. The number of hydrogen-bond acceptors (Lipinski definition) is 4. The van der Waals surface area contributed by atoms with Gasteiger partial charge in [-0.05, 0) is 12.1 Å². The fourth-order valence-electron chi connectivity index (χ4n) is 0.832. The fourth-order valence-corrected chi connectivity index (χ4v) is 0.930. The standard InChI is InChI=1S/C7H5ClN2O4/c8-9(12)7(11)5-1-3-6(4-2-5)10(13)14/h1-4,12H. The number of amides is 1. The Labute approximate surface area is 83.5 Å². The maximum Gasteiger partial charge on any atom is 0.292 e. The molecule has 1 aromatic rings. The number of nitro benzene ring substituents is 1. The average molecular weight is 217 g/mol. The lowest BCUT2D eigenvalue weighted by molar-refractivity contribution is -0.384. The van der Waals surface area contributed by atoms with Crippen LogP contribution in [0, 0.1) is 10.1 Å². The molecule has 0 aromatic heterocycles. The van der Waals surface area contributed by atoms with E-state index in [1.807, 2.05) is 0 Å². The summed E-state index contributed by atoms with van der Waals surface area (Å²) in [6.45, 7) is 0. The van der Waals surface area contributed by atoms with E-state index in [0.717, 1.165) is 12.1 Å². The molecule has 0 aliphatic rings. The average Bonchev–Trinajstić information content (AvgIpc) is 2.16. The van der Waals surface area contributed by atoms with Crippen LogP contribution in [0.4, 0.5) is 5.69 Å². The number of carbonyl (C=O) groups is 1. The maximum absolute atomic E-state index is 11.0. The van der Waals surface area contributed by atoms with E-state index in [1.54, 1.807) is 0 Å². The first-order chi connectivity index (χ1) is 6.52. The number of nitrogens with zero attached hydrogens (tertiary/aromatic N) is 2. The number of benzene rings is 1. The molecule has 0 atom stereocenters. The lowest BCUT2D eigenvalue weighted by Gasteiger charge is -2.03. The Balaban J connectivity index is 2.94. The Morgan fingerprint density at radius 2 is 1.93 bits per heavy atom. The molecule has 1 N–H and O–H groups in total. The van der Waals surface area contributed by atoms with Crippen molar-refractivity contribution >= 4 is 23.4 Å². The van der Waals surface area contributed by atoms with Crippen molar-refractivity contribution in [3.63, 3.8) is 0 Å². The van der Waals surface area contributed by atoms with Gasteiger partial charge in [-0.2, -0.15) is 0 Å². The zero-order chi connectivity index (χ0) is 10.7. The second kappa shape index (κ2) is 4.03. The molecule has 74 valence electrons. The van der Waals surface area contributed by atoms with E-state index in [-0.39, 0.29) is 15.8 Å². The van der Waals surface area contributed by atoms with E-state index in [4.69, 9.17) is 17.0 Å². The summed E-state index contributed by atoms with van der Waals surface area (Å²) < 4.78 is -0.110. The van der Waals surface area contributed by atoms with Crippen LogP contribution in [0.3, 0.4) is 0 Å². The van der Waals surface area contributed by atoms with E-state index in [9.17, 15) is 14.9 Å². The lowest BCUT2D eigenvalue weighted by atomic mass is 10.2. The highest BCUT2D eigenvalue weighted by atomic mass is 35.5. The Morgan fingerprint density at radius 1 is 1.43 bits per heavy atom. The lowest BCUT2D eigenvalue weighted by Crippen LogP contribution is -2.16. The maximum atomic E-state index is 11.0. The molecule has 6 nitrogen and oxygen atoms in total. The van der Waals surface area contributed by atoms with Gasteiger partial charge in [0.1, 0.15) is 0 Å². The highest BCUT2D eigenvalue weighted by molar-refractivity contribution is 6.22. The first-order valence-electron chi connectivity index (χ1n) is 3.46. The van der Waals surface area contributed by atoms with Crippen LogP contribution in [0.5, 0.6) is 0 Å². The van der Waals surface area contributed by atoms with Crippen molar-refractivity contribution in [1.29, 1.82) is 0 Å². The molecule has 0 bridgehead atoms. The number of hydrogen-bond donors (Lipinski definition) is 1. The first kappa shape index (κ1) is 10.4. The summed E-state index contributed by atoms with van der Waals surface area (Å²) in [7, 11) is 0. The minimum atomic E-state index is -0.846. The topological polar surface area (TPSA) is 83.7 Å². The van der Waals surface area contributed by atoms with Crippen LogP contribution in [0.15, 0.2) is 24.3 Å². The number of nitro groups is 1. The summed E-state index contributed by atoms with van der Waals surface area (Å²) in [5, 5.41) is 18.8. The summed E-state index contributed by atoms with van der Waals surface area (Å²) in [6.07, 6.45) is 0. The normalized spacial score (nSPS) is 9.57. The van der Waals surface area contributed by atoms with E-state index in [0.29, 0.717) is 0 Å². The SMILES string of the molecule is O=C(c1ccc([N+](=O)[O-])cc1)N(O)Cl. The summed E-state index contributed by atoms with van der Waals surface area (Å²) in [5.41, 5.74) is -0.0753. The molecule has 0 spiro atoms. The number of hydroxylamine groups is 1. The van der Waals surface area contributed by atoms with E-state index >= 15 is 0 Å². The minimum Gasteiger partial charge on any atom is -0.270 e. The molecule has 0 heterocycles. The highest BCUT2D eigenvalue weighted by Crippen LogP contribution is 2.13. The second-order valence-electron chi connectivity index (χ2n) is 2.37. The zero-order valence-corrected chi connectivity index (χ0v) is 7.51. The van der Waals surface area contributed by atoms with Gasteiger partial charge in [-0.1, -0.05) is 0 Å². The Hall–Kier alpha value is -1.66. The monoisotopic (exact) mass is 216 g/mol. The van der Waals surface area contributed by atoms with Crippen molar-refractivity contribution in [2.75, 3.05) is 0 Å². The van der Waals surface area contributed by atoms with Gasteiger partial charge in [0.15, 0.2) is 0 Å².